The lowest BCUT2D eigenvalue weighted by Crippen LogP contribution is -2.48. The van der Waals surface area contributed by atoms with E-state index in [9.17, 15) is 13.2 Å². The molecule has 1 aromatic rings. The number of hydrogen-bond donors (Lipinski definition) is 1. The average Bonchev–Trinajstić information content (AvgIpc) is 3.22. The van der Waals surface area contributed by atoms with Crippen LogP contribution >= 0.6 is 23.2 Å². The van der Waals surface area contributed by atoms with E-state index < -0.39 is 10.0 Å². The van der Waals surface area contributed by atoms with Crippen molar-refractivity contribution in [1.29, 1.82) is 0 Å². The SMILES string of the molecule is CN1C2CCC1CC(NC(=O)c1cc(S(=O)(=O)N3CCCC3)c(Cl)cc1Cl)C2. The summed E-state index contributed by atoms with van der Waals surface area (Å²) in [4.78, 5) is 15.3. The molecule has 0 aromatic heterocycles. The number of carbonyl (C=O) groups is 1. The lowest BCUT2D eigenvalue weighted by molar-refractivity contribution is 0.0882. The van der Waals surface area contributed by atoms with Crippen LogP contribution < -0.4 is 5.32 Å². The zero-order chi connectivity index (χ0) is 20.1. The second-order valence-electron chi connectivity index (χ2n) is 8.07. The van der Waals surface area contributed by atoms with Gasteiger partial charge in [0.05, 0.1) is 15.6 Å². The molecule has 2 atom stereocenters. The molecule has 6 nitrogen and oxygen atoms in total. The fourth-order valence-electron chi connectivity index (χ4n) is 4.76. The predicted octanol–water partition coefficient (Wildman–Crippen LogP) is 3.13. The monoisotopic (exact) mass is 445 g/mol. The minimum Gasteiger partial charge on any atom is -0.349 e. The highest BCUT2D eigenvalue weighted by atomic mass is 35.5. The number of sulfonamides is 1. The van der Waals surface area contributed by atoms with Crippen LogP contribution in [0, 0.1) is 0 Å². The van der Waals surface area contributed by atoms with E-state index in [1.54, 1.807) is 0 Å². The molecular weight excluding hydrogens is 421 g/mol. The summed E-state index contributed by atoms with van der Waals surface area (Å²) in [5.41, 5.74) is 0.162. The first-order valence-electron chi connectivity index (χ1n) is 9.79. The van der Waals surface area contributed by atoms with Gasteiger partial charge in [-0.2, -0.15) is 4.31 Å². The van der Waals surface area contributed by atoms with Crippen LogP contribution in [0.1, 0.15) is 48.9 Å². The number of carbonyl (C=O) groups excluding carboxylic acids is 1. The molecule has 2 unspecified atom stereocenters. The smallest absolute Gasteiger partial charge is 0.253 e. The van der Waals surface area contributed by atoms with Crippen molar-refractivity contribution in [2.45, 2.75) is 61.5 Å². The Kier molecular flexibility index (Phi) is 5.66. The van der Waals surface area contributed by atoms with Gasteiger partial charge in [0.25, 0.3) is 5.91 Å². The van der Waals surface area contributed by atoms with E-state index in [1.165, 1.54) is 16.4 Å². The van der Waals surface area contributed by atoms with Gasteiger partial charge in [0, 0.05) is 31.2 Å². The molecule has 1 N–H and O–H groups in total. The van der Waals surface area contributed by atoms with Crippen LogP contribution in [0.5, 0.6) is 0 Å². The molecule has 0 radical (unpaired) electrons. The van der Waals surface area contributed by atoms with Gasteiger partial charge in [-0.15, -0.1) is 0 Å². The number of rotatable bonds is 4. The molecule has 3 saturated heterocycles. The minimum absolute atomic E-state index is 0.0470. The van der Waals surface area contributed by atoms with Crippen LogP contribution in [-0.4, -0.2) is 61.8 Å². The van der Waals surface area contributed by atoms with E-state index in [2.05, 4.69) is 17.3 Å². The number of amides is 1. The van der Waals surface area contributed by atoms with Crippen molar-refractivity contribution in [1.82, 2.24) is 14.5 Å². The normalized spacial score (nSPS) is 28.6. The molecule has 3 aliphatic heterocycles. The molecule has 1 aromatic carbocycles. The second kappa shape index (κ2) is 7.76. The molecule has 3 fully saturated rings. The van der Waals surface area contributed by atoms with Gasteiger partial charge in [0.15, 0.2) is 0 Å². The quantitative estimate of drug-likeness (QED) is 0.772. The van der Waals surface area contributed by atoms with Crippen LogP contribution in [0.15, 0.2) is 17.0 Å². The molecule has 0 saturated carbocycles. The zero-order valence-corrected chi connectivity index (χ0v) is 18.2. The van der Waals surface area contributed by atoms with Crippen molar-refractivity contribution in [3.63, 3.8) is 0 Å². The number of nitrogens with one attached hydrogen (secondary N) is 1. The predicted molar refractivity (Wildman–Crippen MR) is 110 cm³/mol. The van der Waals surface area contributed by atoms with Crippen molar-refractivity contribution in [3.8, 4) is 0 Å². The Morgan fingerprint density at radius 1 is 1.07 bits per heavy atom. The molecule has 0 spiro atoms. The Balaban J connectivity index is 1.57. The summed E-state index contributed by atoms with van der Waals surface area (Å²) >= 11 is 12.5. The molecule has 9 heteroatoms. The molecule has 3 aliphatic rings. The number of benzene rings is 1. The van der Waals surface area contributed by atoms with Crippen molar-refractivity contribution in [2.75, 3.05) is 20.1 Å². The van der Waals surface area contributed by atoms with Crippen LogP contribution in [-0.2, 0) is 10.0 Å². The molecule has 3 heterocycles. The first-order chi connectivity index (χ1) is 13.3. The third-order valence-electron chi connectivity index (χ3n) is 6.38. The van der Waals surface area contributed by atoms with Crippen molar-refractivity contribution < 1.29 is 13.2 Å². The summed E-state index contributed by atoms with van der Waals surface area (Å²) in [6.45, 7) is 0.947. The van der Waals surface area contributed by atoms with Gasteiger partial charge in [-0.05, 0) is 57.7 Å². The van der Waals surface area contributed by atoms with E-state index in [-0.39, 0.29) is 32.5 Å². The molecular formula is C19H25Cl2N3O3S. The number of hydrogen-bond acceptors (Lipinski definition) is 4. The second-order valence-corrected chi connectivity index (χ2v) is 10.8. The number of fused-ring (bicyclic) bond motifs is 2. The highest BCUT2D eigenvalue weighted by Gasteiger charge is 2.39. The lowest BCUT2D eigenvalue weighted by Gasteiger charge is -2.36. The van der Waals surface area contributed by atoms with Crippen molar-refractivity contribution in [2.24, 2.45) is 0 Å². The Bertz CT molecular complexity index is 873. The maximum absolute atomic E-state index is 12.9. The summed E-state index contributed by atoms with van der Waals surface area (Å²) in [6, 6.07) is 3.76. The fraction of sp³-hybridized carbons (Fsp3) is 0.632. The number of piperidine rings is 1. The van der Waals surface area contributed by atoms with E-state index in [0.29, 0.717) is 25.2 Å². The van der Waals surface area contributed by atoms with Gasteiger partial charge in [0.2, 0.25) is 10.0 Å². The summed E-state index contributed by atoms with van der Waals surface area (Å²) in [7, 11) is -1.59. The largest absolute Gasteiger partial charge is 0.349 e. The summed E-state index contributed by atoms with van der Waals surface area (Å²) < 4.78 is 27.3. The van der Waals surface area contributed by atoms with Gasteiger partial charge >= 0.3 is 0 Å². The highest BCUT2D eigenvalue weighted by molar-refractivity contribution is 7.89. The van der Waals surface area contributed by atoms with E-state index >= 15 is 0 Å². The average molecular weight is 446 g/mol. The van der Waals surface area contributed by atoms with Crippen LogP contribution in [0.4, 0.5) is 0 Å². The van der Waals surface area contributed by atoms with Crippen molar-refractivity contribution >= 4 is 39.1 Å². The van der Waals surface area contributed by atoms with Gasteiger partial charge in [-0.3, -0.25) is 4.79 Å². The molecule has 1 amide bonds. The summed E-state index contributed by atoms with van der Waals surface area (Å²) in [5, 5.41) is 3.28. The Morgan fingerprint density at radius 3 is 2.29 bits per heavy atom. The molecule has 4 rings (SSSR count). The zero-order valence-electron chi connectivity index (χ0n) is 15.8. The Morgan fingerprint density at radius 2 is 1.68 bits per heavy atom. The highest BCUT2D eigenvalue weighted by Crippen LogP contribution is 2.35. The van der Waals surface area contributed by atoms with Crippen LogP contribution in [0.2, 0.25) is 10.0 Å². The molecule has 0 aliphatic carbocycles. The first-order valence-corrected chi connectivity index (χ1v) is 12.0. The molecule has 154 valence electrons. The summed E-state index contributed by atoms with van der Waals surface area (Å²) in [5.74, 6) is -0.339. The molecule has 2 bridgehead atoms. The Labute approximate surface area is 176 Å². The lowest BCUT2D eigenvalue weighted by atomic mass is 9.97. The first kappa shape index (κ1) is 20.4. The van der Waals surface area contributed by atoms with Gasteiger partial charge in [0.1, 0.15) is 4.90 Å². The molecule has 28 heavy (non-hydrogen) atoms. The van der Waals surface area contributed by atoms with E-state index in [0.717, 1.165) is 38.5 Å². The Hall–Kier alpha value is -0.860. The third kappa shape index (κ3) is 3.67. The topological polar surface area (TPSA) is 69.7 Å². The van der Waals surface area contributed by atoms with Crippen LogP contribution in [0.3, 0.4) is 0 Å². The fourth-order valence-corrected chi connectivity index (χ4v) is 7.11. The summed E-state index contributed by atoms with van der Waals surface area (Å²) in [6.07, 6.45) is 5.79. The van der Waals surface area contributed by atoms with E-state index in [1.807, 2.05) is 0 Å². The minimum atomic E-state index is -3.73. The van der Waals surface area contributed by atoms with E-state index in [4.69, 9.17) is 23.2 Å². The third-order valence-corrected chi connectivity index (χ3v) is 9.06. The maximum atomic E-state index is 12.9. The van der Waals surface area contributed by atoms with Gasteiger partial charge in [-0.25, -0.2) is 8.42 Å². The maximum Gasteiger partial charge on any atom is 0.253 e. The van der Waals surface area contributed by atoms with Gasteiger partial charge < -0.3 is 10.2 Å². The standard InChI is InChI=1S/C19H25Cl2N3O3S/c1-23-13-4-5-14(23)9-12(8-13)22-19(25)15-10-18(17(21)11-16(15)20)28(26,27)24-6-2-3-7-24/h10-14H,2-9H2,1H3,(H,22,25). The van der Waals surface area contributed by atoms with Crippen LogP contribution in [0.25, 0.3) is 0 Å². The van der Waals surface area contributed by atoms with Crippen molar-refractivity contribution in [3.05, 3.63) is 27.7 Å². The number of nitrogens with zero attached hydrogens (tertiary/aromatic N) is 2. The van der Waals surface area contributed by atoms with Gasteiger partial charge in [-0.1, -0.05) is 23.2 Å². The number of halogens is 2.